The van der Waals surface area contributed by atoms with Crippen molar-refractivity contribution in [3.05, 3.63) is 65.5 Å². The van der Waals surface area contributed by atoms with Crippen LogP contribution in [0.4, 0.5) is 13.2 Å². The topological polar surface area (TPSA) is 81.0 Å². The predicted octanol–water partition coefficient (Wildman–Crippen LogP) is 2.62. The smallest absolute Gasteiger partial charge is 0.359 e. The second-order valence-electron chi connectivity index (χ2n) is 5.17. The molecule has 0 radical (unpaired) electrons. The molecule has 0 saturated heterocycles. The van der Waals surface area contributed by atoms with E-state index >= 15 is 0 Å². The molecule has 2 aromatic rings. The van der Waals surface area contributed by atoms with Crippen LogP contribution in [0, 0.1) is 11.3 Å². The van der Waals surface area contributed by atoms with E-state index in [1.165, 1.54) is 36.7 Å². The van der Waals surface area contributed by atoms with Crippen molar-refractivity contribution in [1.82, 2.24) is 15.8 Å². The maximum atomic E-state index is 12.8. The summed E-state index contributed by atoms with van der Waals surface area (Å²) >= 11 is 0. The summed E-state index contributed by atoms with van der Waals surface area (Å²) < 4.78 is 38.3. The summed E-state index contributed by atoms with van der Waals surface area (Å²) in [7, 11) is 0. The number of aliphatic hydroxyl groups is 1. The van der Waals surface area contributed by atoms with E-state index < -0.39 is 23.5 Å². The fourth-order valence-electron chi connectivity index (χ4n) is 2.04. The van der Waals surface area contributed by atoms with Gasteiger partial charge in [-0.1, -0.05) is 12.1 Å². The monoisotopic (exact) mass is 336 g/mol. The summed E-state index contributed by atoms with van der Waals surface area (Å²) in [6.07, 6.45) is -1.61. The second kappa shape index (κ2) is 6.97. The average molecular weight is 336 g/mol. The SMILES string of the molecule is CC(NNC(O)(C#N)c1ccncc1)c1cccc(C(F)(F)F)c1. The van der Waals surface area contributed by atoms with Gasteiger partial charge in [0.1, 0.15) is 6.07 Å². The zero-order chi connectivity index (χ0) is 17.8. The normalized spacial score (nSPS) is 15.3. The zero-order valence-corrected chi connectivity index (χ0v) is 12.7. The lowest BCUT2D eigenvalue weighted by Crippen LogP contribution is -2.50. The Morgan fingerprint density at radius 1 is 1.17 bits per heavy atom. The number of pyridine rings is 1. The third-order valence-corrected chi connectivity index (χ3v) is 3.44. The number of nitrogens with zero attached hydrogens (tertiary/aromatic N) is 2. The Kier molecular flexibility index (Phi) is 5.19. The van der Waals surface area contributed by atoms with Crippen molar-refractivity contribution in [3.63, 3.8) is 0 Å². The van der Waals surface area contributed by atoms with Crippen LogP contribution in [0.2, 0.25) is 0 Å². The van der Waals surface area contributed by atoms with Crippen molar-refractivity contribution in [2.75, 3.05) is 0 Å². The van der Waals surface area contributed by atoms with E-state index in [1.807, 2.05) is 0 Å². The first-order valence-corrected chi connectivity index (χ1v) is 7.00. The largest absolute Gasteiger partial charge is 0.416 e. The third kappa shape index (κ3) is 4.08. The third-order valence-electron chi connectivity index (χ3n) is 3.44. The summed E-state index contributed by atoms with van der Waals surface area (Å²) in [4.78, 5) is 3.79. The standard InChI is InChI=1S/C16H15F3N4O/c1-11(12-3-2-4-14(9-12)16(17,18)19)22-23-15(24,10-20)13-5-7-21-8-6-13/h2-9,11,22-24H,1H3. The van der Waals surface area contributed by atoms with Gasteiger partial charge >= 0.3 is 6.18 Å². The van der Waals surface area contributed by atoms with Crippen LogP contribution in [0.15, 0.2) is 48.8 Å². The molecule has 0 fully saturated rings. The molecule has 0 aliphatic rings. The molecule has 3 N–H and O–H groups in total. The Balaban J connectivity index is 2.13. The second-order valence-corrected chi connectivity index (χ2v) is 5.17. The van der Waals surface area contributed by atoms with Crippen LogP contribution in [-0.4, -0.2) is 10.1 Å². The summed E-state index contributed by atoms with van der Waals surface area (Å²) in [5.41, 5.74) is 2.91. The van der Waals surface area contributed by atoms with Crippen LogP contribution in [0.1, 0.15) is 29.7 Å². The Labute approximate surface area is 136 Å². The quantitative estimate of drug-likeness (QED) is 0.444. The molecular formula is C16H15F3N4O. The Bertz CT molecular complexity index is 730. The van der Waals surface area contributed by atoms with Gasteiger partial charge in [-0.2, -0.15) is 18.4 Å². The van der Waals surface area contributed by atoms with E-state index in [4.69, 9.17) is 0 Å². The van der Waals surface area contributed by atoms with Crippen molar-refractivity contribution >= 4 is 0 Å². The number of halogens is 3. The predicted molar refractivity (Wildman–Crippen MR) is 79.9 cm³/mol. The van der Waals surface area contributed by atoms with Gasteiger partial charge in [0.2, 0.25) is 5.72 Å². The van der Waals surface area contributed by atoms with Crippen molar-refractivity contribution in [1.29, 1.82) is 5.26 Å². The van der Waals surface area contributed by atoms with Crippen LogP contribution in [-0.2, 0) is 11.9 Å². The minimum Gasteiger partial charge on any atom is -0.359 e. The van der Waals surface area contributed by atoms with Crippen molar-refractivity contribution in [3.8, 4) is 6.07 Å². The fourth-order valence-corrected chi connectivity index (χ4v) is 2.04. The number of aromatic nitrogens is 1. The minimum atomic E-state index is -4.44. The highest BCUT2D eigenvalue weighted by Gasteiger charge is 2.32. The lowest BCUT2D eigenvalue weighted by Gasteiger charge is -2.25. The van der Waals surface area contributed by atoms with Crippen molar-refractivity contribution < 1.29 is 18.3 Å². The van der Waals surface area contributed by atoms with Gasteiger partial charge in [0.25, 0.3) is 0 Å². The first kappa shape index (κ1) is 17.9. The molecule has 0 amide bonds. The maximum Gasteiger partial charge on any atom is 0.416 e. The molecule has 2 unspecified atom stereocenters. The number of nitrogens with one attached hydrogen (secondary N) is 2. The first-order chi connectivity index (χ1) is 11.3. The van der Waals surface area contributed by atoms with Gasteiger partial charge in [0, 0.05) is 24.0 Å². The molecule has 1 aromatic heterocycles. The van der Waals surface area contributed by atoms with Gasteiger partial charge in [-0.25, -0.2) is 10.9 Å². The molecule has 5 nitrogen and oxygen atoms in total. The molecule has 0 spiro atoms. The summed E-state index contributed by atoms with van der Waals surface area (Å²) in [5.74, 6) is 0. The van der Waals surface area contributed by atoms with E-state index in [1.54, 1.807) is 13.0 Å². The van der Waals surface area contributed by atoms with Crippen LogP contribution >= 0.6 is 0 Å². The van der Waals surface area contributed by atoms with E-state index in [9.17, 15) is 23.5 Å². The maximum absolute atomic E-state index is 12.8. The molecular weight excluding hydrogens is 321 g/mol. The fraction of sp³-hybridized carbons (Fsp3) is 0.250. The van der Waals surface area contributed by atoms with Crippen LogP contribution in [0.3, 0.4) is 0 Å². The highest BCUT2D eigenvalue weighted by Crippen LogP contribution is 2.30. The summed E-state index contributed by atoms with van der Waals surface area (Å²) in [6.45, 7) is 1.60. The van der Waals surface area contributed by atoms with Gasteiger partial charge in [0.05, 0.1) is 5.56 Å². The van der Waals surface area contributed by atoms with Crippen molar-refractivity contribution in [2.24, 2.45) is 0 Å². The molecule has 8 heteroatoms. The van der Waals surface area contributed by atoms with E-state index in [0.717, 1.165) is 12.1 Å². The van der Waals surface area contributed by atoms with Gasteiger partial charge < -0.3 is 5.11 Å². The molecule has 24 heavy (non-hydrogen) atoms. The highest BCUT2D eigenvalue weighted by molar-refractivity contribution is 5.28. The average Bonchev–Trinajstić information content (AvgIpc) is 2.59. The number of rotatable bonds is 5. The molecule has 1 aromatic carbocycles. The number of alkyl halides is 3. The number of benzene rings is 1. The summed E-state index contributed by atoms with van der Waals surface area (Å²) in [5, 5.41) is 19.5. The molecule has 2 atom stereocenters. The zero-order valence-electron chi connectivity index (χ0n) is 12.7. The van der Waals surface area contributed by atoms with Crippen LogP contribution in [0.25, 0.3) is 0 Å². The van der Waals surface area contributed by atoms with Gasteiger partial charge in [-0.15, -0.1) is 0 Å². The van der Waals surface area contributed by atoms with Gasteiger partial charge in [-0.3, -0.25) is 4.98 Å². The van der Waals surface area contributed by atoms with Crippen LogP contribution in [0.5, 0.6) is 0 Å². The van der Waals surface area contributed by atoms with Crippen LogP contribution < -0.4 is 10.9 Å². The minimum absolute atomic E-state index is 0.253. The molecule has 0 bridgehead atoms. The molecule has 2 rings (SSSR count). The molecule has 0 aliphatic carbocycles. The van der Waals surface area contributed by atoms with E-state index in [2.05, 4.69) is 15.8 Å². The number of hydrazine groups is 1. The number of nitriles is 1. The number of hydrogen-bond donors (Lipinski definition) is 3. The van der Waals surface area contributed by atoms with Crippen molar-refractivity contribution in [2.45, 2.75) is 24.9 Å². The molecule has 0 saturated carbocycles. The van der Waals surface area contributed by atoms with E-state index in [0.29, 0.717) is 5.56 Å². The Hall–Kier alpha value is -2.47. The number of hydrogen-bond acceptors (Lipinski definition) is 5. The Morgan fingerprint density at radius 3 is 2.42 bits per heavy atom. The Morgan fingerprint density at radius 2 is 1.83 bits per heavy atom. The summed E-state index contributed by atoms with van der Waals surface area (Å²) in [6, 6.07) is 8.84. The highest BCUT2D eigenvalue weighted by atomic mass is 19.4. The molecule has 126 valence electrons. The molecule has 0 aliphatic heterocycles. The van der Waals surface area contributed by atoms with Gasteiger partial charge in [-0.05, 0) is 36.8 Å². The lowest BCUT2D eigenvalue weighted by molar-refractivity contribution is -0.137. The molecule has 1 heterocycles. The van der Waals surface area contributed by atoms with E-state index in [-0.39, 0.29) is 5.56 Å². The van der Waals surface area contributed by atoms with Gasteiger partial charge in [0.15, 0.2) is 0 Å². The first-order valence-electron chi connectivity index (χ1n) is 7.00. The lowest BCUT2D eigenvalue weighted by atomic mass is 10.0.